The Morgan fingerprint density at radius 3 is 2.51 bits per heavy atom. The second kappa shape index (κ2) is 10.0. The van der Waals surface area contributed by atoms with Crippen molar-refractivity contribution in [2.45, 2.75) is 34.6 Å². The molecule has 0 atom stereocenters. The van der Waals surface area contributed by atoms with Gasteiger partial charge < -0.3 is 14.5 Å². The molecule has 4 aromatic rings. The Labute approximate surface area is 205 Å². The number of rotatable bonds is 7. The molecule has 0 unspecified atom stereocenters. The van der Waals surface area contributed by atoms with E-state index in [4.69, 9.17) is 9.15 Å². The fraction of sp³-hybridized carbons (Fsp3) is 0.200. The molecule has 0 spiro atoms. The standard InChI is InChI=1S/C30H29NO4/c1-6-34-28-16-29-26(27(17-35-29)24-11-10-18(2)12-19(24)3)15-25(28)20(4)13-30(33)31-23-9-7-8-22(14-23)21(5)32/h7-17H,6H2,1-5H3,(H,31,33)/b20-13+. The molecule has 1 heterocycles. The number of Topliss-reactive ketones (excluding diaryl/α,β-unsaturated/α-hetero) is 1. The third-order valence-corrected chi connectivity index (χ3v) is 5.96. The first kappa shape index (κ1) is 24.0. The van der Waals surface area contributed by atoms with E-state index in [2.05, 4.69) is 37.4 Å². The monoisotopic (exact) mass is 467 g/mol. The molecular weight excluding hydrogens is 438 g/mol. The first-order valence-corrected chi connectivity index (χ1v) is 11.6. The van der Waals surface area contributed by atoms with E-state index in [1.165, 1.54) is 18.1 Å². The number of furan rings is 1. The van der Waals surface area contributed by atoms with Crippen LogP contribution >= 0.6 is 0 Å². The van der Waals surface area contributed by atoms with E-state index in [0.717, 1.165) is 33.2 Å². The summed E-state index contributed by atoms with van der Waals surface area (Å²) in [6.45, 7) is 9.95. The van der Waals surface area contributed by atoms with Crippen molar-refractivity contribution in [2.75, 3.05) is 11.9 Å². The van der Waals surface area contributed by atoms with Crippen molar-refractivity contribution >= 4 is 33.9 Å². The van der Waals surface area contributed by atoms with E-state index in [1.807, 2.05) is 26.0 Å². The number of hydrogen-bond acceptors (Lipinski definition) is 4. The van der Waals surface area contributed by atoms with Crippen molar-refractivity contribution in [1.29, 1.82) is 0 Å². The Balaban J connectivity index is 1.72. The zero-order chi connectivity index (χ0) is 25.1. The number of fused-ring (bicyclic) bond motifs is 1. The van der Waals surface area contributed by atoms with Gasteiger partial charge in [0.05, 0.1) is 12.9 Å². The lowest BCUT2D eigenvalue weighted by Gasteiger charge is -2.12. The smallest absolute Gasteiger partial charge is 0.248 e. The van der Waals surface area contributed by atoms with E-state index in [1.54, 1.807) is 36.6 Å². The maximum atomic E-state index is 12.8. The summed E-state index contributed by atoms with van der Waals surface area (Å²) in [7, 11) is 0. The van der Waals surface area contributed by atoms with E-state index in [9.17, 15) is 9.59 Å². The van der Waals surface area contributed by atoms with Crippen molar-refractivity contribution in [3.05, 3.63) is 89.2 Å². The van der Waals surface area contributed by atoms with E-state index < -0.39 is 0 Å². The fourth-order valence-corrected chi connectivity index (χ4v) is 4.23. The Bertz CT molecular complexity index is 1460. The van der Waals surface area contributed by atoms with Gasteiger partial charge in [-0.3, -0.25) is 9.59 Å². The van der Waals surface area contributed by atoms with E-state index in [-0.39, 0.29) is 11.7 Å². The third-order valence-electron chi connectivity index (χ3n) is 5.96. The molecule has 5 nitrogen and oxygen atoms in total. The quantitative estimate of drug-likeness (QED) is 0.228. The van der Waals surface area contributed by atoms with Gasteiger partial charge in [-0.15, -0.1) is 0 Å². The van der Waals surface area contributed by atoms with Crippen LogP contribution in [-0.4, -0.2) is 18.3 Å². The Morgan fingerprint density at radius 2 is 1.80 bits per heavy atom. The van der Waals surface area contributed by atoms with Gasteiger partial charge >= 0.3 is 0 Å². The van der Waals surface area contributed by atoms with Crippen molar-refractivity contribution in [2.24, 2.45) is 0 Å². The van der Waals surface area contributed by atoms with Gasteiger partial charge in [0.2, 0.25) is 5.91 Å². The van der Waals surface area contributed by atoms with Gasteiger partial charge in [0.25, 0.3) is 0 Å². The minimum Gasteiger partial charge on any atom is -0.493 e. The van der Waals surface area contributed by atoms with Gasteiger partial charge in [-0.2, -0.15) is 0 Å². The predicted molar refractivity (Wildman–Crippen MR) is 141 cm³/mol. The van der Waals surface area contributed by atoms with Crippen LogP contribution in [0.15, 0.2) is 71.4 Å². The number of allylic oxidation sites excluding steroid dienone is 1. The zero-order valence-corrected chi connectivity index (χ0v) is 20.7. The van der Waals surface area contributed by atoms with Crippen LogP contribution in [-0.2, 0) is 4.79 Å². The molecule has 0 aliphatic rings. The molecule has 0 radical (unpaired) electrons. The number of ether oxygens (including phenoxy) is 1. The van der Waals surface area contributed by atoms with Crippen molar-refractivity contribution in [3.8, 4) is 16.9 Å². The Kier molecular flexibility index (Phi) is 6.87. The largest absolute Gasteiger partial charge is 0.493 e. The summed E-state index contributed by atoms with van der Waals surface area (Å²) in [5.74, 6) is 0.316. The van der Waals surface area contributed by atoms with Crippen LogP contribution in [0.3, 0.4) is 0 Å². The molecular formula is C30H29NO4. The van der Waals surface area contributed by atoms with E-state index in [0.29, 0.717) is 23.6 Å². The number of benzene rings is 3. The van der Waals surface area contributed by atoms with Crippen LogP contribution in [0.5, 0.6) is 5.75 Å². The summed E-state index contributed by atoms with van der Waals surface area (Å²) in [5.41, 5.74) is 7.90. The lowest BCUT2D eigenvalue weighted by atomic mass is 9.96. The molecule has 0 bridgehead atoms. The molecule has 0 fully saturated rings. The highest BCUT2D eigenvalue weighted by molar-refractivity contribution is 6.06. The number of amides is 1. The molecule has 0 saturated carbocycles. The molecule has 0 aliphatic heterocycles. The molecule has 5 heteroatoms. The molecule has 178 valence electrons. The first-order valence-electron chi connectivity index (χ1n) is 11.6. The van der Waals surface area contributed by atoms with Gasteiger partial charge in [-0.05, 0) is 69.5 Å². The summed E-state index contributed by atoms with van der Waals surface area (Å²) >= 11 is 0. The lowest BCUT2D eigenvalue weighted by Crippen LogP contribution is -2.09. The number of nitrogens with one attached hydrogen (secondary N) is 1. The SMILES string of the molecule is CCOc1cc2occ(-c3ccc(C)cc3C)c2cc1/C(C)=C/C(=O)Nc1cccc(C(C)=O)c1. The van der Waals surface area contributed by atoms with Gasteiger partial charge in [-0.25, -0.2) is 0 Å². The molecule has 1 aromatic heterocycles. The average Bonchev–Trinajstić information content (AvgIpc) is 3.21. The highest BCUT2D eigenvalue weighted by Gasteiger charge is 2.16. The number of aryl methyl sites for hydroxylation is 2. The summed E-state index contributed by atoms with van der Waals surface area (Å²) in [6.07, 6.45) is 3.32. The lowest BCUT2D eigenvalue weighted by molar-refractivity contribution is -0.111. The van der Waals surface area contributed by atoms with Crippen LogP contribution in [0.4, 0.5) is 5.69 Å². The van der Waals surface area contributed by atoms with Crippen molar-refractivity contribution in [3.63, 3.8) is 0 Å². The topological polar surface area (TPSA) is 68.5 Å². The fourth-order valence-electron chi connectivity index (χ4n) is 4.23. The Morgan fingerprint density at radius 1 is 1.00 bits per heavy atom. The molecule has 35 heavy (non-hydrogen) atoms. The summed E-state index contributed by atoms with van der Waals surface area (Å²) in [6, 6.07) is 17.2. The molecule has 1 amide bonds. The maximum Gasteiger partial charge on any atom is 0.248 e. The molecule has 0 aliphatic carbocycles. The number of anilines is 1. The van der Waals surface area contributed by atoms with Gasteiger partial charge in [0.15, 0.2) is 5.78 Å². The van der Waals surface area contributed by atoms with Crippen molar-refractivity contribution in [1.82, 2.24) is 0 Å². The number of hydrogen-bond donors (Lipinski definition) is 1. The molecule has 0 saturated heterocycles. The van der Waals surface area contributed by atoms with Crippen LogP contribution in [0, 0.1) is 13.8 Å². The average molecular weight is 468 g/mol. The summed E-state index contributed by atoms with van der Waals surface area (Å²) in [5, 5.41) is 3.80. The minimum atomic E-state index is -0.285. The Hall–Kier alpha value is -4.12. The van der Waals surface area contributed by atoms with Crippen molar-refractivity contribution < 1.29 is 18.7 Å². The van der Waals surface area contributed by atoms with Gasteiger partial charge in [-0.1, -0.05) is 35.9 Å². The first-order chi connectivity index (χ1) is 16.8. The van der Waals surface area contributed by atoms with Crippen LogP contribution < -0.4 is 10.1 Å². The number of ketones is 1. The number of carbonyl (C=O) groups is 2. The minimum absolute atomic E-state index is 0.0535. The second-order valence-corrected chi connectivity index (χ2v) is 8.70. The number of carbonyl (C=O) groups excluding carboxylic acids is 2. The maximum absolute atomic E-state index is 12.8. The second-order valence-electron chi connectivity index (χ2n) is 8.70. The van der Waals surface area contributed by atoms with Crippen LogP contribution in [0.2, 0.25) is 0 Å². The van der Waals surface area contributed by atoms with E-state index >= 15 is 0 Å². The molecule has 4 rings (SSSR count). The highest BCUT2D eigenvalue weighted by atomic mass is 16.5. The summed E-state index contributed by atoms with van der Waals surface area (Å²) < 4.78 is 11.8. The predicted octanol–water partition coefficient (Wildman–Crippen LogP) is 7.36. The zero-order valence-electron chi connectivity index (χ0n) is 20.7. The third kappa shape index (κ3) is 5.19. The normalized spacial score (nSPS) is 11.5. The van der Waals surface area contributed by atoms with Crippen LogP contribution in [0.25, 0.3) is 27.7 Å². The summed E-state index contributed by atoms with van der Waals surface area (Å²) in [4.78, 5) is 24.4. The van der Waals surface area contributed by atoms with Gasteiger partial charge in [0.1, 0.15) is 11.3 Å². The molecule has 1 N–H and O–H groups in total. The van der Waals surface area contributed by atoms with Crippen LogP contribution in [0.1, 0.15) is 47.8 Å². The van der Waals surface area contributed by atoms with Gasteiger partial charge in [0, 0.05) is 39.9 Å². The molecule has 3 aromatic carbocycles. The highest BCUT2D eigenvalue weighted by Crippen LogP contribution is 2.38.